The molecule has 6 nitrogen and oxygen atoms in total. The first-order valence-corrected chi connectivity index (χ1v) is 8.46. The second kappa shape index (κ2) is 6.34. The lowest BCUT2D eigenvalue weighted by molar-refractivity contribution is 0.866. The van der Waals surface area contributed by atoms with E-state index in [1.54, 1.807) is 22.2 Å². The number of nitrogens with one attached hydrogen (secondary N) is 2. The SMILES string of the molecule is S=c1[nH]nc(-c2cc(-c3ccccc3)n[nH]2)n1/N=C/c1cccs1. The molecule has 0 aliphatic heterocycles. The molecule has 0 radical (unpaired) electrons. The molecule has 0 spiro atoms. The monoisotopic (exact) mass is 352 g/mol. The first-order chi connectivity index (χ1) is 11.8. The van der Waals surface area contributed by atoms with E-state index in [0.29, 0.717) is 10.6 Å². The van der Waals surface area contributed by atoms with Crippen molar-refractivity contribution in [1.29, 1.82) is 0 Å². The van der Waals surface area contributed by atoms with E-state index < -0.39 is 0 Å². The fourth-order valence-electron chi connectivity index (χ4n) is 2.25. The van der Waals surface area contributed by atoms with E-state index in [9.17, 15) is 0 Å². The number of rotatable bonds is 4. The standard InChI is InChI=1S/C16H12N6S2/c23-16-21-20-15(22(16)17-10-12-7-4-8-24-12)14-9-13(18-19-14)11-5-2-1-3-6-11/h1-10H,(H,18,19)(H,21,23)/b17-10+. The van der Waals surface area contributed by atoms with Crippen molar-refractivity contribution in [3.05, 3.63) is 63.6 Å². The first kappa shape index (κ1) is 14.7. The lowest BCUT2D eigenvalue weighted by atomic mass is 10.1. The Bertz CT molecular complexity index is 1020. The fourth-order valence-corrected chi connectivity index (χ4v) is 3.00. The highest BCUT2D eigenvalue weighted by Crippen LogP contribution is 2.22. The van der Waals surface area contributed by atoms with Gasteiger partial charge in [0.1, 0.15) is 5.69 Å². The van der Waals surface area contributed by atoms with Crippen molar-refractivity contribution in [2.75, 3.05) is 0 Å². The smallest absolute Gasteiger partial charge is 0.216 e. The fraction of sp³-hybridized carbons (Fsp3) is 0. The van der Waals surface area contributed by atoms with Crippen LogP contribution in [0.2, 0.25) is 0 Å². The van der Waals surface area contributed by atoms with Crippen LogP contribution in [0.4, 0.5) is 0 Å². The third-order valence-corrected chi connectivity index (χ3v) is 4.45. The molecule has 0 saturated carbocycles. The Hall–Kier alpha value is -2.84. The highest BCUT2D eigenvalue weighted by Gasteiger charge is 2.12. The quantitative estimate of drug-likeness (QED) is 0.431. The number of hydrogen-bond donors (Lipinski definition) is 2. The molecule has 2 N–H and O–H groups in total. The number of aromatic amines is 2. The molecule has 0 fully saturated rings. The maximum atomic E-state index is 5.27. The number of H-pyrrole nitrogens is 2. The van der Waals surface area contributed by atoms with Gasteiger partial charge in [0.2, 0.25) is 10.6 Å². The molecule has 4 rings (SSSR count). The van der Waals surface area contributed by atoms with Crippen LogP contribution in [0.15, 0.2) is 59.0 Å². The minimum Gasteiger partial charge on any atom is -0.274 e. The summed E-state index contributed by atoms with van der Waals surface area (Å²) in [5, 5.41) is 20.8. The maximum absolute atomic E-state index is 5.27. The van der Waals surface area contributed by atoms with Gasteiger partial charge in [0.25, 0.3) is 0 Å². The van der Waals surface area contributed by atoms with E-state index in [1.165, 1.54) is 0 Å². The molecule has 4 aromatic rings. The predicted octanol–water partition coefficient (Wildman–Crippen LogP) is 3.94. The van der Waals surface area contributed by atoms with Gasteiger partial charge >= 0.3 is 0 Å². The number of nitrogens with zero attached hydrogens (tertiary/aromatic N) is 4. The van der Waals surface area contributed by atoms with Crippen LogP contribution in [0, 0.1) is 4.77 Å². The van der Waals surface area contributed by atoms with Crippen LogP contribution in [0.3, 0.4) is 0 Å². The minimum absolute atomic E-state index is 0.425. The molecule has 8 heteroatoms. The molecule has 0 aliphatic rings. The Labute approximate surface area is 146 Å². The molecule has 0 aliphatic carbocycles. The third-order valence-electron chi connectivity index (χ3n) is 3.38. The predicted molar refractivity (Wildman–Crippen MR) is 97.7 cm³/mol. The number of aromatic nitrogens is 5. The van der Waals surface area contributed by atoms with Crippen molar-refractivity contribution in [2.45, 2.75) is 0 Å². The topological polar surface area (TPSA) is 74.7 Å². The Morgan fingerprint density at radius 1 is 1.08 bits per heavy atom. The summed E-state index contributed by atoms with van der Waals surface area (Å²) in [5.74, 6) is 0.586. The van der Waals surface area contributed by atoms with Gasteiger partial charge in [-0.25, -0.2) is 5.10 Å². The summed E-state index contributed by atoms with van der Waals surface area (Å²) in [6.07, 6.45) is 1.76. The zero-order valence-electron chi connectivity index (χ0n) is 12.4. The molecule has 3 aromatic heterocycles. The molecular formula is C16H12N6S2. The Morgan fingerprint density at radius 2 is 1.96 bits per heavy atom. The van der Waals surface area contributed by atoms with Crippen molar-refractivity contribution in [3.63, 3.8) is 0 Å². The normalized spacial score (nSPS) is 11.3. The van der Waals surface area contributed by atoms with E-state index in [4.69, 9.17) is 12.2 Å². The van der Waals surface area contributed by atoms with Gasteiger partial charge in [-0.05, 0) is 29.7 Å². The maximum Gasteiger partial charge on any atom is 0.216 e. The van der Waals surface area contributed by atoms with Gasteiger partial charge < -0.3 is 0 Å². The van der Waals surface area contributed by atoms with Gasteiger partial charge in [-0.2, -0.15) is 20.0 Å². The average molecular weight is 352 g/mol. The lowest BCUT2D eigenvalue weighted by Gasteiger charge is -1.96. The van der Waals surface area contributed by atoms with E-state index in [2.05, 4.69) is 25.5 Å². The second-order valence-corrected chi connectivity index (χ2v) is 6.32. The molecule has 24 heavy (non-hydrogen) atoms. The molecule has 0 unspecified atom stereocenters. The summed E-state index contributed by atoms with van der Waals surface area (Å²) in [6, 6.07) is 15.8. The summed E-state index contributed by atoms with van der Waals surface area (Å²) in [6.45, 7) is 0. The average Bonchev–Trinajstić information content (AvgIpc) is 3.35. The van der Waals surface area contributed by atoms with Gasteiger partial charge in [-0.3, -0.25) is 5.10 Å². The molecular weight excluding hydrogens is 340 g/mol. The molecule has 0 amide bonds. The Balaban J connectivity index is 1.71. The van der Waals surface area contributed by atoms with Crippen LogP contribution < -0.4 is 0 Å². The van der Waals surface area contributed by atoms with Crippen molar-refractivity contribution >= 4 is 29.8 Å². The highest BCUT2D eigenvalue weighted by atomic mass is 32.1. The summed E-state index contributed by atoms with van der Waals surface area (Å²) in [7, 11) is 0. The van der Waals surface area contributed by atoms with E-state index >= 15 is 0 Å². The number of hydrogen-bond acceptors (Lipinski definition) is 5. The summed E-state index contributed by atoms with van der Waals surface area (Å²) in [5.41, 5.74) is 2.61. The second-order valence-electron chi connectivity index (χ2n) is 4.96. The van der Waals surface area contributed by atoms with Gasteiger partial charge in [0, 0.05) is 10.4 Å². The van der Waals surface area contributed by atoms with Crippen molar-refractivity contribution in [1.82, 2.24) is 25.1 Å². The van der Waals surface area contributed by atoms with Crippen molar-refractivity contribution in [2.24, 2.45) is 5.10 Å². The van der Waals surface area contributed by atoms with E-state index in [1.807, 2.05) is 53.9 Å². The van der Waals surface area contributed by atoms with Crippen LogP contribution in [0.5, 0.6) is 0 Å². The zero-order valence-corrected chi connectivity index (χ0v) is 14.0. The van der Waals surface area contributed by atoms with Gasteiger partial charge in [0.15, 0.2) is 0 Å². The first-order valence-electron chi connectivity index (χ1n) is 7.18. The van der Waals surface area contributed by atoms with Crippen LogP contribution in [0.25, 0.3) is 22.8 Å². The van der Waals surface area contributed by atoms with Gasteiger partial charge in [-0.15, -0.1) is 11.3 Å². The Morgan fingerprint density at radius 3 is 2.75 bits per heavy atom. The number of benzene rings is 1. The number of thiophene rings is 1. The lowest BCUT2D eigenvalue weighted by Crippen LogP contribution is -1.94. The molecule has 0 bridgehead atoms. The van der Waals surface area contributed by atoms with Crippen LogP contribution in [-0.4, -0.2) is 31.3 Å². The van der Waals surface area contributed by atoms with Crippen LogP contribution >= 0.6 is 23.6 Å². The van der Waals surface area contributed by atoms with Crippen molar-refractivity contribution in [3.8, 4) is 22.8 Å². The zero-order chi connectivity index (χ0) is 16.4. The van der Waals surface area contributed by atoms with E-state index in [0.717, 1.165) is 21.8 Å². The largest absolute Gasteiger partial charge is 0.274 e. The molecule has 0 saturated heterocycles. The van der Waals surface area contributed by atoms with Crippen LogP contribution in [-0.2, 0) is 0 Å². The highest BCUT2D eigenvalue weighted by molar-refractivity contribution is 7.71. The van der Waals surface area contributed by atoms with Gasteiger partial charge in [0.05, 0.1) is 11.9 Å². The minimum atomic E-state index is 0.425. The molecule has 1 aromatic carbocycles. The molecule has 0 atom stereocenters. The molecule has 118 valence electrons. The summed E-state index contributed by atoms with van der Waals surface area (Å²) >= 11 is 6.87. The molecule has 3 heterocycles. The van der Waals surface area contributed by atoms with Gasteiger partial charge in [-0.1, -0.05) is 36.4 Å². The van der Waals surface area contributed by atoms with Crippen LogP contribution in [0.1, 0.15) is 4.88 Å². The third kappa shape index (κ3) is 2.84. The summed E-state index contributed by atoms with van der Waals surface area (Å²) < 4.78 is 2.01. The summed E-state index contributed by atoms with van der Waals surface area (Å²) in [4.78, 5) is 1.04. The van der Waals surface area contributed by atoms with E-state index in [-0.39, 0.29) is 0 Å². The van der Waals surface area contributed by atoms with Crippen molar-refractivity contribution < 1.29 is 0 Å². The Kier molecular flexibility index (Phi) is 3.89.